The van der Waals surface area contributed by atoms with Crippen LogP contribution in [0, 0.1) is 0 Å². The number of carbonyl (C=O) groups is 3. The topological polar surface area (TPSA) is 87.6 Å². The molecule has 0 unspecified atom stereocenters. The highest BCUT2D eigenvalue weighted by Crippen LogP contribution is 2.42. The molecule has 0 atom stereocenters. The molecule has 2 rings (SSSR count). The molecule has 1 saturated heterocycles. The minimum atomic E-state index is -0.835. The van der Waals surface area contributed by atoms with Gasteiger partial charge in [-0.3, -0.25) is 20.2 Å². The van der Waals surface area contributed by atoms with E-state index in [2.05, 4.69) is 4.40 Å². The Morgan fingerprint density at radius 2 is 1.73 bits per heavy atom. The van der Waals surface area contributed by atoms with Gasteiger partial charge in [-0.25, -0.2) is 4.79 Å². The highest BCUT2D eigenvalue weighted by molar-refractivity contribution is 8.78. The van der Waals surface area contributed by atoms with E-state index in [0.29, 0.717) is 0 Å². The Balaban J connectivity index is 2.44. The van der Waals surface area contributed by atoms with E-state index in [1.54, 1.807) is 0 Å². The Hall–Kier alpha value is -0.990. The number of nitrogens with zero attached hydrogens (tertiary/aromatic N) is 1. The lowest BCUT2D eigenvalue weighted by atomic mass is 10.2. The normalized spacial score (nSPS) is 21.4. The van der Waals surface area contributed by atoms with Crippen LogP contribution >= 0.6 is 33.4 Å². The van der Waals surface area contributed by atoms with Crippen LogP contribution in [0.2, 0.25) is 0 Å². The molecule has 4 amide bonds. The first kappa shape index (κ1) is 10.5. The monoisotopic (exact) mass is 263 g/mol. The average Bonchev–Trinajstić information content (AvgIpc) is 2.50. The Labute approximate surface area is 96.4 Å². The second-order valence-electron chi connectivity index (χ2n) is 2.48. The molecule has 0 radical (unpaired) electrons. The molecule has 2 aliphatic heterocycles. The van der Waals surface area contributed by atoms with Crippen molar-refractivity contribution in [2.75, 3.05) is 0 Å². The average molecular weight is 264 g/mol. The highest BCUT2D eigenvalue weighted by Gasteiger charge is 2.34. The van der Waals surface area contributed by atoms with E-state index in [1.165, 1.54) is 0 Å². The lowest BCUT2D eigenvalue weighted by molar-refractivity contribution is -0.124. The highest BCUT2D eigenvalue weighted by atomic mass is 35.5. The number of urea groups is 1. The van der Waals surface area contributed by atoms with Crippen LogP contribution in [-0.2, 0) is 9.59 Å². The second-order valence-corrected chi connectivity index (χ2v) is 4.69. The molecule has 0 aliphatic carbocycles. The first-order valence-electron chi connectivity index (χ1n) is 3.58. The molecule has 2 aliphatic rings. The number of amides is 4. The van der Waals surface area contributed by atoms with Gasteiger partial charge in [-0.05, 0) is 10.8 Å². The number of hydrogen-bond acceptors (Lipinski definition) is 6. The summed E-state index contributed by atoms with van der Waals surface area (Å²) in [4.78, 5) is 33.8. The van der Waals surface area contributed by atoms with Gasteiger partial charge in [-0.15, -0.1) is 0 Å². The molecule has 15 heavy (non-hydrogen) atoms. The van der Waals surface area contributed by atoms with E-state index >= 15 is 0 Å². The van der Waals surface area contributed by atoms with Gasteiger partial charge < -0.3 is 0 Å². The summed E-state index contributed by atoms with van der Waals surface area (Å²) in [6, 6.07) is -0.835. The molecule has 0 aromatic carbocycles. The van der Waals surface area contributed by atoms with Crippen molar-refractivity contribution in [2.24, 2.45) is 4.40 Å². The van der Waals surface area contributed by atoms with Crippen molar-refractivity contribution in [1.29, 1.82) is 0 Å². The van der Waals surface area contributed by atoms with Crippen LogP contribution < -0.4 is 10.6 Å². The zero-order chi connectivity index (χ0) is 11.0. The summed E-state index contributed by atoms with van der Waals surface area (Å²) in [6.45, 7) is 0. The lowest BCUT2D eigenvalue weighted by Gasteiger charge is -2.14. The summed E-state index contributed by atoms with van der Waals surface area (Å²) in [5.41, 5.74) is -0.182. The zero-order valence-corrected chi connectivity index (χ0v) is 9.26. The standard InChI is InChI=1S/C6H2ClN3O3S2/c7-3-2(14-15-10-3)1-4(11)8-6(13)9-5(1)12/h(H2,8,9,11,12,13). The van der Waals surface area contributed by atoms with Crippen LogP contribution in [0.5, 0.6) is 0 Å². The molecule has 78 valence electrons. The van der Waals surface area contributed by atoms with Crippen molar-refractivity contribution < 1.29 is 14.4 Å². The van der Waals surface area contributed by atoms with Gasteiger partial charge in [0.05, 0.1) is 15.9 Å². The molecule has 6 nitrogen and oxygen atoms in total. The van der Waals surface area contributed by atoms with Gasteiger partial charge in [0, 0.05) is 0 Å². The zero-order valence-electron chi connectivity index (χ0n) is 6.87. The summed E-state index contributed by atoms with van der Waals surface area (Å²) in [5.74, 6) is -1.52. The van der Waals surface area contributed by atoms with Crippen molar-refractivity contribution in [1.82, 2.24) is 10.6 Å². The second kappa shape index (κ2) is 3.87. The molecule has 0 saturated carbocycles. The van der Waals surface area contributed by atoms with Crippen molar-refractivity contribution in [3.63, 3.8) is 0 Å². The summed E-state index contributed by atoms with van der Waals surface area (Å²) < 4.78 is 3.74. The maximum Gasteiger partial charge on any atom is 0.328 e. The van der Waals surface area contributed by atoms with Gasteiger partial charge in [0.15, 0.2) is 5.17 Å². The smallest absolute Gasteiger partial charge is 0.273 e. The fraction of sp³-hybridized carbons (Fsp3) is 0. The largest absolute Gasteiger partial charge is 0.328 e. The lowest BCUT2D eigenvalue weighted by Crippen LogP contribution is -2.51. The number of imide groups is 2. The van der Waals surface area contributed by atoms with Gasteiger partial charge in [0.1, 0.15) is 5.57 Å². The van der Waals surface area contributed by atoms with Crippen molar-refractivity contribution >= 4 is 56.4 Å². The van der Waals surface area contributed by atoms with Crippen molar-refractivity contribution in [2.45, 2.75) is 0 Å². The van der Waals surface area contributed by atoms with E-state index in [-0.39, 0.29) is 15.6 Å². The van der Waals surface area contributed by atoms with E-state index in [9.17, 15) is 14.4 Å². The summed E-state index contributed by atoms with van der Waals surface area (Å²) in [6.07, 6.45) is 0. The van der Waals surface area contributed by atoms with Gasteiger partial charge in [0.25, 0.3) is 11.8 Å². The Morgan fingerprint density at radius 3 is 2.20 bits per heavy atom. The van der Waals surface area contributed by atoms with Gasteiger partial charge >= 0.3 is 6.03 Å². The third kappa shape index (κ3) is 1.87. The van der Waals surface area contributed by atoms with Crippen LogP contribution in [0.3, 0.4) is 0 Å². The number of rotatable bonds is 0. The van der Waals surface area contributed by atoms with Crippen LogP contribution in [0.25, 0.3) is 0 Å². The van der Waals surface area contributed by atoms with E-state index < -0.39 is 17.8 Å². The predicted octanol–water partition coefficient (Wildman–Crippen LogP) is 0.554. The van der Waals surface area contributed by atoms with E-state index in [1.807, 2.05) is 10.6 Å². The Kier molecular flexibility index (Phi) is 2.72. The molecule has 2 heterocycles. The number of hydrogen-bond donors (Lipinski definition) is 2. The van der Waals surface area contributed by atoms with Crippen molar-refractivity contribution in [3.05, 3.63) is 10.5 Å². The molecular formula is C6H2ClN3O3S2. The molecule has 9 heteroatoms. The molecule has 0 aromatic rings. The quantitative estimate of drug-likeness (QED) is 0.288. The van der Waals surface area contributed by atoms with Crippen LogP contribution in [0.4, 0.5) is 4.79 Å². The van der Waals surface area contributed by atoms with E-state index in [4.69, 9.17) is 11.6 Å². The minimum Gasteiger partial charge on any atom is -0.273 e. The molecule has 0 spiro atoms. The van der Waals surface area contributed by atoms with Crippen LogP contribution in [0.15, 0.2) is 14.9 Å². The minimum absolute atomic E-state index is 0.0830. The van der Waals surface area contributed by atoms with E-state index in [0.717, 1.165) is 21.8 Å². The molecule has 0 aromatic heterocycles. The third-order valence-electron chi connectivity index (χ3n) is 1.56. The van der Waals surface area contributed by atoms with Crippen LogP contribution in [0.1, 0.15) is 0 Å². The van der Waals surface area contributed by atoms with Gasteiger partial charge in [-0.1, -0.05) is 11.6 Å². The fourth-order valence-electron chi connectivity index (χ4n) is 0.981. The maximum absolute atomic E-state index is 11.4. The van der Waals surface area contributed by atoms with Gasteiger partial charge in [0.2, 0.25) is 0 Å². The van der Waals surface area contributed by atoms with Crippen LogP contribution in [-0.4, -0.2) is 23.0 Å². The molecule has 2 N–H and O–H groups in total. The molecular weight excluding hydrogens is 262 g/mol. The number of nitrogens with one attached hydrogen (secondary N) is 2. The summed E-state index contributed by atoms with van der Waals surface area (Å²) in [7, 11) is 2.15. The van der Waals surface area contributed by atoms with Gasteiger partial charge in [-0.2, -0.15) is 4.40 Å². The first-order valence-corrected chi connectivity index (χ1v) is 6.06. The third-order valence-corrected chi connectivity index (χ3v) is 3.89. The Morgan fingerprint density at radius 1 is 1.13 bits per heavy atom. The Bertz CT molecular complexity index is 423. The first-order chi connectivity index (χ1) is 7.09. The fourth-order valence-corrected chi connectivity index (χ4v) is 3.31. The predicted molar refractivity (Wildman–Crippen MR) is 57.2 cm³/mol. The number of carbonyl (C=O) groups excluding carboxylic acids is 3. The number of allylic oxidation sites excluding steroid dienone is 1. The summed E-state index contributed by atoms with van der Waals surface area (Å²) >= 11 is 5.68. The molecule has 1 fully saturated rings. The van der Waals surface area contributed by atoms with Crippen molar-refractivity contribution in [3.8, 4) is 0 Å². The maximum atomic E-state index is 11.4. The number of halogens is 1. The SMILES string of the molecule is O=C1NC(=O)C(=C2SSN=C2Cl)C(=O)N1. The number of barbiturate groups is 1. The summed E-state index contributed by atoms with van der Waals surface area (Å²) in [5, 5.41) is 3.99. The molecule has 0 bridgehead atoms.